The summed E-state index contributed by atoms with van der Waals surface area (Å²) in [6.45, 7) is 0. The van der Waals surface area contributed by atoms with Gasteiger partial charge in [0, 0.05) is 11.8 Å². The SMILES string of the molecule is COc1cc(C(=O)c2coc(-c3ccncn3)n2)cc(OC)c1OC. The first-order chi connectivity index (χ1) is 12.2. The zero-order valence-corrected chi connectivity index (χ0v) is 13.8. The molecule has 2 heterocycles. The van der Waals surface area contributed by atoms with Gasteiger partial charge in [-0.1, -0.05) is 0 Å². The lowest BCUT2D eigenvalue weighted by atomic mass is 10.1. The summed E-state index contributed by atoms with van der Waals surface area (Å²) in [5, 5.41) is 0. The van der Waals surface area contributed by atoms with Gasteiger partial charge in [-0.05, 0) is 18.2 Å². The molecule has 0 amide bonds. The molecule has 0 aliphatic carbocycles. The molecular formula is C17H15N3O5. The topological polar surface area (TPSA) is 96.6 Å². The van der Waals surface area contributed by atoms with E-state index in [1.54, 1.807) is 24.4 Å². The largest absolute Gasteiger partial charge is 0.493 e. The van der Waals surface area contributed by atoms with E-state index in [4.69, 9.17) is 18.6 Å². The van der Waals surface area contributed by atoms with Crippen molar-refractivity contribution in [2.45, 2.75) is 0 Å². The number of benzene rings is 1. The Morgan fingerprint density at radius 2 is 1.80 bits per heavy atom. The number of aromatic nitrogens is 3. The maximum absolute atomic E-state index is 12.7. The summed E-state index contributed by atoms with van der Waals surface area (Å²) in [7, 11) is 4.46. The Labute approximate surface area is 143 Å². The van der Waals surface area contributed by atoms with Crippen molar-refractivity contribution in [3.8, 4) is 28.8 Å². The Balaban J connectivity index is 1.97. The Morgan fingerprint density at radius 3 is 2.36 bits per heavy atom. The van der Waals surface area contributed by atoms with Crippen LogP contribution in [0.15, 0.2) is 41.4 Å². The van der Waals surface area contributed by atoms with Crippen LogP contribution in [0.3, 0.4) is 0 Å². The highest BCUT2D eigenvalue weighted by molar-refractivity contribution is 6.08. The maximum Gasteiger partial charge on any atom is 0.245 e. The van der Waals surface area contributed by atoms with Gasteiger partial charge in [-0.25, -0.2) is 15.0 Å². The zero-order chi connectivity index (χ0) is 17.8. The van der Waals surface area contributed by atoms with Crippen molar-refractivity contribution in [3.05, 3.63) is 48.2 Å². The van der Waals surface area contributed by atoms with E-state index in [-0.39, 0.29) is 17.4 Å². The minimum Gasteiger partial charge on any atom is -0.493 e. The lowest BCUT2D eigenvalue weighted by Gasteiger charge is -2.13. The number of ketones is 1. The molecule has 0 radical (unpaired) electrons. The van der Waals surface area contributed by atoms with Crippen LogP contribution in [-0.2, 0) is 0 Å². The summed E-state index contributed by atoms with van der Waals surface area (Å²) in [4.78, 5) is 24.8. The number of carbonyl (C=O) groups is 1. The van der Waals surface area contributed by atoms with Gasteiger partial charge in [-0.15, -0.1) is 0 Å². The van der Waals surface area contributed by atoms with Crippen LogP contribution < -0.4 is 14.2 Å². The third-order valence-corrected chi connectivity index (χ3v) is 3.46. The molecule has 25 heavy (non-hydrogen) atoms. The van der Waals surface area contributed by atoms with Crippen LogP contribution >= 0.6 is 0 Å². The van der Waals surface area contributed by atoms with Crippen molar-refractivity contribution in [3.63, 3.8) is 0 Å². The van der Waals surface area contributed by atoms with E-state index in [9.17, 15) is 4.79 Å². The minimum atomic E-state index is -0.344. The van der Waals surface area contributed by atoms with Gasteiger partial charge in [0.25, 0.3) is 0 Å². The Morgan fingerprint density at radius 1 is 1.08 bits per heavy atom. The summed E-state index contributed by atoms with van der Waals surface area (Å²) in [6.07, 6.45) is 4.22. The van der Waals surface area contributed by atoms with Crippen LogP contribution in [0.5, 0.6) is 17.2 Å². The molecule has 0 bridgehead atoms. The third-order valence-electron chi connectivity index (χ3n) is 3.46. The van der Waals surface area contributed by atoms with Crippen LogP contribution in [0, 0.1) is 0 Å². The van der Waals surface area contributed by atoms with Gasteiger partial charge < -0.3 is 18.6 Å². The van der Waals surface area contributed by atoms with E-state index >= 15 is 0 Å². The molecule has 128 valence electrons. The molecule has 3 rings (SSSR count). The molecule has 0 aliphatic rings. The summed E-state index contributed by atoms with van der Waals surface area (Å²) >= 11 is 0. The van der Waals surface area contributed by atoms with Crippen molar-refractivity contribution in [2.75, 3.05) is 21.3 Å². The Bertz CT molecular complexity index is 867. The minimum absolute atomic E-state index is 0.142. The second kappa shape index (κ2) is 7.00. The highest BCUT2D eigenvalue weighted by atomic mass is 16.5. The van der Waals surface area contributed by atoms with Crippen molar-refractivity contribution in [1.82, 2.24) is 15.0 Å². The van der Waals surface area contributed by atoms with Crippen molar-refractivity contribution in [1.29, 1.82) is 0 Å². The van der Waals surface area contributed by atoms with Gasteiger partial charge in [0.1, 0.15) is 18.3 Å². The molecule has 0 saturated carbocycles. The monoisotopic (exact) mass is 341 g/mol. The number of methoxy groups -OCH3 is 3. The highest BCUT2D eigenvalue weighted by Gasteiger charge is 2.21. The molecule has 0 aliphatic heterocycles. The fraction of sp³-hybridized carbons (Fsp3) is 0.176. The lowest BCUT2D eigenvalue weighted by molar-refractivity contribution is 0.103. The molecule has 8 heteroatoms. The maximum atomic E-state index is 12.7. The normalized spacial score (nSPS) is 10.4. The molecule has 0 atom stereocenters. The third kappa shape index (κ3) is 3.14. The standard InChI is InChI=1S/C17H15N3O5/c1-22-13-6-10(7-14(23-2)16(13)24-3)15(21)12-8-25-17(20-12)11-4-5-18-9-19-11/h4-9H,1-3H3. The fourth-order valence-electron chi connectivity index (χ4n) is 2.27. The second-order valence-electron chi connectivity index (χ2n) is 4.88. The number of nitrogens with zero attached hydrogens (tertiary/aromatic N) is 3. The van der Waals surface area contributed by atoms with Crippen molar-refractivity contribution < 1.29 is 23.4 Å². The molecule has 0 saturated heterocycles. The number of carbonyl (C=O) groups excluding carboxylic acids is 1. The molecule has 0 N–H and O–H groups in total. The molecule has 3 aromatic rings. The van der Waals surface area contributed by atoms with E-state index in [0.29, 0.717) is 28.5 Å². The highest BCUT2D eigenvalue weighted by Crippen LogP contribution is 2.38. The summed E-state index contributed by atoms with van der Waals surface area (Å²) in [5.74, 6) is 1.05. The number of ether oxygens (including phenoxy) is 3. The molecule has 8 nitrogen and oxygen atoms in total. The van der Waals surface area contributed by atoms with Crippen LogP contribution in [0.1, 0.15) is 16.1 Å². The first-order valence-corrected chi connectivity index (χ1v) is 7.24. The van der Waals surface area contributed by atoms with Gasteiger partial charge in [-0.3, -0.25) is 4.79 Å². The summed E-state index contributed by atoms with van der Waals surface area (Å²) < 4.78 is 21.1. The lowest BCUT2D eigenvalue weighted by Crippen LogP contribution is -2.04. The van der Waals surface area contributed by atoms with E-state index < -0.39 is 0 Å². The predicted molar refractivity (Wildman–Crippen MR) is 87.1 cm³/mol. The molecule has 1 aromatic carbocycles. The van der Waals surface area contributed by atoms with Crippen LogP contribution in [0.4, 0.5) is 0 Å². The second-order valence-corrected chi connectivity index (χ2v) is 4.88. The van der Waals surface area contributed by atoms with Gasteiger partial charge in [0.2, 0.25) is 17.4 Å². The Kier molecular flexibility index (Phi) is 4.60. The van der Waals surface area contributed by atoms with Gasteiger partial charge >= 0.3 is 0 Å². The van der Waals surface area contributed by atoms with Crippen LogP contribution in [-0.4, -0.2) is 42.1 Å². The summed E-state index contributed by atoms with van der Waals surface area (Å²) in [5.41, 5.74) is 0.957. The molecular weight excluding hydrogens is 326 g/mol. The van der Waals surface area contributed by atoms with Crippen molar-refractivity contribution >= 4 is 5.78 Å². The predicted octanol–water partition coefficient (Wildman–Crippen LogP) is 2.39. The first-order valence-electron chi connectivity index (χ1n) is 7.24. The van der Waals surface area contributed by atoms with Crippen LogP contribution in [0.25, 0.3) is 11.6 Å². The molecule has 2 aromatic heterocycles. The summed E-state index contributed by atoms with van der Waals surface area (Å²) in [6, 6.07) is 4.75. The van der Waals surface area contributed by atoms with Gasteiger partial charge in [0.15, 0.2) is 17.2 Å². The molecule has 0 spiro atoms. The molecule has 0 unspecified atom stereocenters. The van der Waals surface area contributed by atoms with Gasteiger partial charge in [-0.2, -0.15) is 0 Å². The van der Waals surface area contributed by atoms with E-state index in [1.165, 1.54) is 33.9 Å². The van der Waals surface area contributed by atoms with E-state index in [0.717, 1.165) is 0 Å². The van der Waals surface area contributed by atoms with E-state index in [1.807, 2.05) is 0 Å². The smallest absolute Gasteiger partial charge is 0.245 e. The number of oxazole rings is 1. The van der Waals surface area contributed by atoms with Crippen molar-refractivity contribution in [2.24, 2.45) is 0 Å². The number of hydrogen-bond acceptors (Lipinski definition) is 8. The van der Waals surface area contributed by atoms with Crippen LogP contribution in [0.2, 0.25) is 0 Å². The fourth-order valence-corrected chi connectivity index (χ4v) is 2.27. The average Bonchev–Trinajstić information content (AvgIpc) is 3.17. The number of hydrogen-bond donors (Lipinski definition) is 0. The van der Waals surface area contributed by atoms with E-state index in [2.05, 4.69) is 15.0 Å². The Hall–Kier alpha value is -3.42. The number of rotatable bonds is 6. The first kappa shape index (κ1) is 16.4. The molecule has 0 fully saturated rings. The average molecular weight is 341 g/mol. The zero-order valence-electron chi connectivity index (χ0n) is 13.8. The quantitative estimate of drug-likeness (QED) is 0.631. The van der Waals surface area contributed by atoms with Gasteiger partial charge in [0.05, 0.1) is 21.3 Å².